The number of phenols is 1. The molecule has 7 nitrogen and oxygen atoms in total. The molecule has 190 valence electrons. The van der Waals surface area contributed by atoms with Crippen molar-refractivity contribution in [3.8, 4) is 11.8 Å². The van der Waals surface area contributed by atoms with E-state index in [-0.39, 0.29) is 5.75 Å². The van der Waals surface area contributed by atoms with E-state index in [1.54, 1.807) is 18.3 Å². The maximum absolute atomic E-state index is 10.0. The average molecular weight is 487 g/mol. The van der Waals surface area contributed by atoms with Crippen LogP contribution in [0.2, 0.25) is 0 Å². The van der Waals surface area contributed by atoms with Crippen molar-refractivity contribution >= 4 is 11.8 Å². The third-order valence-electron chi connectivity index (χ3n) is 9.40. The minimum absolute atomic E-state index is 0.245. The van der Waals surface area contributed by atoms with Gasteiger partial charge in [0.25, 0.3) is 0 Å². The molecule has 5 saturated carbocycles. The summed E-state index contributed by atoms with van der Waals surface area (Å²) in [5, 5.41) is 30.6. The summed E-state index contributed by atoms with van der Waals surface area (Å²) in [6, 6.07) is 10.9. The first-order valence-electron chi connectivity index (χ1n) is 13.9. The first-order valence-corrected chi connectivity index (χ1v) is 13.9. The van der Waals surface area contributed by atoms with Crippen molar-refractivity contribution in [3.05, 3.63) is 41.6 Å². The molecule has 2 aromatic rings. The molecule has 0 radical (unpaired) electrons. The van der Waals surface area contributed by atoms with Gasteiger partial charge in [-0.05, 0) is 74.2 Å². The van der Waals surface area contributed by atoms with Crippen LogP contribution in [0.15, 0.2) is 30.5 Å². The smallest absolute Gasteiger partial charge is 0.224 e. The summed E-state index contributed by atoms with van der Waals surface area (Å²) < 4.78 is 0. The molecule has 5 aliphatic carbocycles. The summed E-state index contributed by atoms with van der Waals surface area (Å²) in [4.78, 5) is 8.97. The molecule has 1 aromatic carbocycles. The van der Waals surface area contributed by atoms with Crippen molar-refractivity contribution in [2.24, 2.45) is 23.2 Å². The number of rotatable bonds is 8. The molecule has 36 heavy (non-hydrogen) atoms. The molecule has 5 fully saturated rings. The highest BCUT2D eigenvalue weighted by Gasteiger charge is 2.55. The van der Waals surface area contributed by atoms with Crippen molar-refractivity contribution in [2.45, 2.75) is 82.8 Å². The molecule has 3 unspecified atom stereocenters. The maximum atomic E-state index is 10.0. The van der Waals surface area contributed by atoms with Crippen molar-refractivity contribution < 1.29 is 5.11 Å². The van der Waals surface area contributed by atoms with Gasteiger partial charge in [0.15, 0.2) is 0 Å². The van der Waals surface area contributed by atoms with E-state index in [1.807, 2.05) is 12.1 Å². The van der Waals surface area contributed by atoms with Gasteiger partial charge in [-0.25, -0.2) is 4.98 Å². The Morgan fingerprint density at radius 3 is 2.56 bits per heavy atom. The summed E-state index contributed by atoms with van der Waals surface area (Å²) in [5.41, 5.74) is 1.57. The maximum Gasteiger partial charge on any atom is 0.224 e. The zero-order valence-electron chi connectivity index (χ0n) is 21.0. The summed E-state index contributed by atoms with van der Waals surface area (Å²) >= 11 is 0. The normalized spacial score (nSPS) is 31.2. The number of hydrogen-bond donors (Lipinski definition) is 4. The minimum atomic E-state index is 0.245. The van der Waals surface area contributed by atoms with Crippen LogP contribution in [-0.4, -0.2) is 33.7 Å². The highest BCUT2D eigenvalue weighted by atomic mass is 16.3. The summed E-state index contributed by atoms with van der Waals surface area (Å²) in [6.07, 6.45) is 15.1. The molecule has 0 spiro atoms. The van der Waals surface area contributed by atoms with E-state index < -0.39 is 0 Å². The minimum Gasteiger partial charge on any atom is -0.508 e. The molecule has 5 aliphatic rings. The summed E-state index contributed by atoms with van der Waals surface area (Å²) in [6.45, 7) is 1.29. The van der Waals surface area contributed by atoms with Crippen LogP contribution in [0.3, 0.4) is 0 Å². The topological polar surface area (TPSA) is 106 Å². The van der Waals surface area contributed by atoms with Crippen LogP contribution in [0, 0.1) is 34.5 Å². The fourth-order valence-corrected chi connectivity index (χ4v) is 8.01. The van der Waals surface area contributed by atoms with E-state index in [2.05, 4.69) is 32.0 Å². The van der Waals surface area contributed by atoms with Gasteiger partial charge < -0.3 is 21.1 Å². The Morgan fingerprint density at radius 1 is 1.03 bits per heavy atom. The number of nitrogens with zero attached hydrogens (tertiary/aromatic N) is 3. The molecule has 0 aliphatic heterocycles. The molecule has 5 atom stereocenters. The average Bonchev–Trinajstić information content (AvgIpc) is 2.89. The Bertz CT molecular complexity index is 1110. The molecule has 0 saturated heterocycles. The summed E-state index contributed by atoms with van der Waals surface area (Å²) in [7, 11) is 0. The van der Waals surface area contributed by atoms with E-state index in [4.69, 9.17) is 0 Å². The van der Waals surface area contributed by atoms with Gasteiger partial charge >= 0.3 is 0 Å². The first-order chi connectivity index (χ1) is 17.6. The van der Waals surface area contributed by atoms with Crippen molar-refractivity contribution in [1.82, 2.24) is 15.3 Å². The number of nitrogens with one attached hydrogen (secondary N) is 3. The van der Waals surface area contributed by atoms with Crippen LogP contribution < -0.4 is 16.0 Å². The molecular formula is C29H38N6O. The predicted octanol–water partition coefficient (Wildman–Crippen LogP) is 5.20. The second kappa shape index (κ2) is 9.89. The van der Waals surface area contributed by atoms with Gasteiger partial charge in [-0.1, -0.05) is 37.5 Å². The Hall–Kier alpha value is -2.85. The number of aromatic hydroxyl groups is 1. The first kappa shape index (κ1) is 23.5. The fraction of sp³-hybridized carbons (Fsp3) is 0.621. The highest BCUT2D eigenvalue weighted by molar-refractivity contribution is 5.53. The van der Waals surface area contributed by atoms with Gasteiger partial charge in [0, 0.05) is 30.7 Å². The highest BCUT2D eigenvalue weighted by Crippen LogP contribution is 2.60. The van der Waals surface area contributed by atoms with E-state index in [0.717, 1.165) is 35.9 Å². The van der Waals surface area contributed by atoms with Crippen molar-refractivity contribution in [1.29, 1.82) is 5.26 Å². The zero-order valence-corrected chi connectivity index (χ0v) is 21.0. The van der Waals surface area contributed by atoms with Crippen LogP contribution in [0.5, 0.6) is 5.75 Å². The SMILES string of the molecule is N#Cc1cnc(NCc2ccccc2O)nc1NCC12CC3C[C@H](C1)C(NC1CCCCC1)[C@@H](C3)C2. The largest absolute Gasteiger partial charge is 0.508 e. The van der Waals surface area contributed by atoms with Crippen molar-refractivity contribution in [3.63, 3.8) is 0 Å². The van der Waals surface area contributed by atoms with Crippen LogP contribution in [0.25, 0.3) is 0 Å². The Labute approximate surface area is 214 Å². The number of hydrogen-bond acceptors (Lipinski definition) is 7. The van der Waals surface area contributed by atoms with Gasteiger partial charge in [0.2, 0.25) is 5.95 Å². The van der Waals surface area contributed by atoms with Crippen molar-refractivity contribution in [2.75, 3.05) is 17.2 Å². The second-order valence-electron chi connectivity index (χ2n) is 11.9. The molecule has 1 heterocycles. The molecule has 7 rings (SSSR count). The molecule has 4 N–H and O–H groups in total. The van der Waals surface area contributed by atoms with E-state index in [1.165, 1.54) is 64.2 Å². The number of aromatic nitrogens is 2. The van der Waals surface area contributed by atoms with Crippen LogP contribution in [-0.2, 0) is 6.54 Å². The van der Waals surface area contributed by atoms with E-state index in [9.17, 15) is 10.4 Å². The van der Waals surface area contributed by atoms with E-state index >= 15 is 0 Å². The number of para-hydroxylation sites is 1. The van der Waals surface area contributed by atoms with Crippen LogP contribution in [0.1, 0.15) is 75.3 Å². The number of benzene rings is 1. The van der Waals surface area contributed by atoms with E-state index in [0.29, 0.717) is 35.3 Å². The number of nitriles is 1. The Morgan fingerprint density at radius 2 is 1.81 bits per heavy atom. The zero-order chi connectivity index (χ0) is 24.5. The molecule has 1 aromatic heterocycles. The van der Waals surface area contributed by atoms with Crippen LogP contribution in [0.4, 0.5) is 11.8 Å². The molecule has 0 amide bonds. The predicted molar refractivity (Wildman–Crippen MR) is 140 cm³/mol. The molecule has 7 heteroatoms. The Kier molecular flexibility index (Phi) is 6.47. The lowest BCUT2D eigenvalue weighted by molar-refractivity contribution is -0.0728. The third kappa shape index (κ3) is 4.76. The fourth-order valence-electron chi connectivity index (χ4n) is 8.01. The van der Waals surface area contributed by atoms with Gasteiger partial charge in [-0.15, -0.1) is 0 Å². The lowest BCUT2D eigenvalue weighted by atomic mass is 9.47. The second-order valence-corrected chi connectivity index (χ2v) is 11.9. The lowest BCUT2D eigenvalue weighted by Crippen LogP contribution is -2.61. The number of phenolic OH excluding ortho intramolecular Hbond substituents is 1. The van der Waals surface area contributed by atoms with Crippen LogP contribution >= 0.6 is 0 Å². The standard InChI is InChI=1S/C29H38N6O/c30-15-23-17-32-28(31-16-20-6-4-5-9-25(20)36)35-27(23)33-18-29-12-19-10-21(13-29)26(22(11-19)14-29)34-24-7-2-1-3-8-24/h4-6,9,17,19,21-22,24,26,34,36H,1-3,7-8,10-14,16,18H2,(H2,31,32,33,35)/t19?,21-,22+,26?,29?. The van der Waals surface area contributed by atoms with Gasteiger partial charge in [0.1, 0.15) is 23.2 Å². The monoisotopic (exact) mass is 486 g/mol. The van der Waals surface area contributed by atoms with Gasteiger partial charge in [-0.3, -0.25) is 0 Å². The number of anilines is 2. The third-order valence-corrected chi connectivity index (χ3v) is 9.40. The quantitative estimate of drug-likeness (QED) is 0.407. The van der Waals surface area contributed by atoms with Gasteiger partial charge in [-0.2, -0.15) is 10.2 Å². The van der Waals surface area contributed by atoms with Gasteiger partial charge in [0.05, 0.1) is 6.20 Å². The molecular weight excluding hydrogens is 448 g/mol. The summed E-state index contributed by atoms with van der Waals surface area (Å²) in [5.74, 6) is 3.75. The Balaban J connectivity index is 1.12. The molecule has 4 bridgehead atoms. The lowest BCUT2D eigenvalue weighted by Gasteiger charge is -2.61.